The number of nitrogens with zero attached hydrogens (tertiary/aromatic N) is 2. The van der Waals surface area contributed by atoms with Crippen LogP contribution in [0.1, 0.15) is 30.9 Å². The number of methoxy groups -OCH3 is 1. The zero-order valence-corrected chi connectivity index (χ0v) is 18.9. The average molecular weight is 437 g/mol. The van der Waals surface area contributed by atoms with Gasteiger partial charge < -0.3 is 14.5 Å². The highest BCUT2D eigenvalue weighted by molar-refractivity contribution is 5.83. The van der Waals surface area contributed by atoms with Crippen molar-refractivity contribution >= 4 is 17.8 Å². The number of ether oxygens (including phenoxy) is 1. The van der Waals surface area contributed by atoms with Gasteiger partial charge in [-0.25, -0.2) is 0 Å². The van der Waals surface area contributed by atoms with Crippen molar-refractivity contribution in [3.05, 3.63) is 71.8 Å². The van der Waals surface area contributed by atoms with Crippen molar-refractivity contribution in [1.82, 2.24) is 9.80 Å². The summed E-state index contributed by atoms with van der Waals surface area (Å²) < 4.78 is 4.86. The molecule has 0 spiro atoms. The number of rotatable bonds is 8. The molecule has 3 rings (SSSR count). The van der Waals surface area contributed by atoms with E-state index in [1.54, 1.807) is 11.8 Å². The summed E-state index contributed by atoms with van der Waals surface area (Å²) in [5, 5.41) is 0. The molecule has 1 saturated heterocycles. The molecule has 0 aromatic heterocycles. The van der Waals surface area contributed by atoms with Gasteiger partial charge >= 0.3 is 5.97 Å². The number of benzene rings is 2. The summed E-state index contributed by atoms with van der Waals surface area (Å²) in [7, 11) is 1.36. The minimum atomic E-state index is -0.424. The highest BCUT2D eigenvalue weighted by atomic mass is 16.5. The Hall–Kier alpha value is -3.15. The Balaban J connectivity index is 1.69. The first-order valence-corrected chi connectivity index (χ1v) is 11.2. The smallest absolute Gasteiger partial charge is 0.310 e. The first-order chi connectivity index (χ1) is 15.5. The van der Waals surface area contributed by atoms with Crippen molar-refractivity contribution in [3.63, 3.8) is 0 Å². The fourth-order valence-electron chi connectivity index (χ4n) is 4.19. The van der Waals surface area contributed by atoms with Gasteiger partial charge in [0.25, 0.3) is 0 Å². The summed E-state index contributed by atoms with van der Waals surface area (Å²) >= 11 is 0. The summed E-state index contributed by atoms with van der Waals surface area (Å²) in [5.74, 6) is -0.990. The average Bonchev–Trinajstić information content (AvgIpc) is 2.84. The van der Waals surface area contributed by atoms with E-state index in [4.69, 9.17) is 4.74 Å². The molecular formula is C26H32N2O4. The molecule has 32 heavy (non-hydrogen) atoms. The number of piperidine rings is 1. The molecule has 1 heterocycles. The molecule has 2 unspecified atom stereocenters. The van der Waals surface area contributed by atoms with Crippen molar-refractivity contribution in [3.8, 4) is 0 Å². The summed E-state index contributed by atoms with van der Waals surface area (Å²) in [4.78, 5) is 41.9. The largest absolute Gasteiger partial charge is 0.469 e. The van der Waals surface area contributed by atoms with Gasteiger partial charge in [0.1, 0.15) is 0 Å². The molecule has 1 aliphatic heterocycles. The van der Waals surface area contributed by atoms with Crippen LogP contribution >= 0.6 is 0 Å². The van der Waals surface area contributed by atoms with E-state index in [1.165, 1.54) is 7.11 Å². The fourth-order valence-corrected chi connectivity index (χ4v) is 4.19. The number of hydrogen-bond acceptors (Lipinski definition) is 4. The lowest BCUT2D eigenvalue weighted by atomic mass is 9.95. The molecule has 0 bridgehead atoms. The van der Waals surface area contributed by atoms with Crippen LogP contribution in [-0.4, -0.2) is 54.3 Å². The molecule has 1 aliphatic rings. The molecule has 2 aromatic rings. The molecule has 0 radical (unpaired) electrons. The van der Waals surface area contributed by atoms with Crippen LogP contribution in [0.15, 0.2) is 60.7 Å². The normalized spacial score (nSPS) is 16.8. The van der Waals surface area contributed by atoms with Crippen molar-refractivity contribution in [1.29, 1.82) is 0 Å². The molecular weight excluding hydrogens is 404 g/mol. The molecule has 0 saturated carbocycles. The molecule has 2 aromatic carbocycles. The van der Waals surface area contributed by atoms with E-state index in [0.717, 1.165) is 24.0 Å². The van der Waals surface area contributed by atoms with Crippen molar-refractivity contribution in [2.75, 3.05) is 26.7 Å². The number of amides is 2. The van der Waals surface area contributed by atoms with Gasteiger partial charge in [-0.15, -0.1) is 0 Å². The second-order valence-electron chi connectivity index (χ2n) is 8.47. The Morgan fingerprint density at radius 2 is 1.66 bits per heavy atom. The van der Waals surface area contributed by atoms with Crippen LogP contribution in [0, 0.1) is 11.8 Å². The van der Waals surface area contributed by atoms with Crippen LogP contribution in [0.3, 0.4) is 0 Å². The van der Waals surface area contributed by atoms with Gasteiger partial charge in [-0.3, -0.25) is 14.4 Å². The maximum atomic E-state index is 13.5. The van der Waals surface area contributed by atoms with Gasteiger partial charge in [0.05, 0.1) is 25.4 Å². The van der Waals surface area contributed by atoms with E-state index < -0.39 is 5.92 Å². The minimum Gasteiger partial charge on any atom is -0.469 e. The Bertz CT molecular complexity index is 901. The number of carbonyl (C=O) groups excluding carboxylic acids is 3. The van der Waals surface area contributed by atoms with Gasteiger partial charge in [0.2, 0.25) is 11.8 Å². The third-order valence-corrected chi connectivity index (χ3v) is 5.95. The second kappa shape index (κ2) is 11.5. The molecule has 0 aliphatic carbocycles. The highest BCUT2D eigenvalue weighted by Gasteiger charge is 2.32. The van der Waals surface area contributed by atoms with Gasteiger partial charge in [-0.05, 0) is 24.0 Å². The first kappa shape index (κ1) is 23.5. The van der Waals surface area contributed by atoms with Gasteiger partial charge in [0, 0.05) is 26.2 Å². The Morgan fingerprint density at radius 1 is 1.03 bits per heavy atom. The van der Waals surface area contributed by atoms with Gasteiger partial charge in [-0.1, -0.05) is 67.6 Å². The van der Waals surface area contributed by atoms with Crippen LogP contribution in [0.2, 0.25) is 0 Å². The molecule has 2 atom stereocenters. The van der Waals surface area contributed by atoms with Crippen molar-refractivity contribution in [2.45, 2.75) is 32.7 Å². The number of hydrogen-bond donors (Lipinski definition) is 0. The Labute approximate surface area is 190 Å². The molecule has 0 N–H and O–H groups in total. The summed E-state index contributed by atoms with van der Waals surface area (Å²) in [6, 6.07) is 19.4. The predicted octanol–water partition coefficient (Wildman–Crippen LogP) is 3.31. The zero-order chi connectivity index (χ0) is 22.9. The lowest BCUT2D eigenvalue weighted by Gasteiger charge is -2.35. The number of likely N-dealkylation sites (tertiary alicyclic amines) is 1. The molecule has 6 heteroatoms. The van der Waals surface area contributed by atoms with E-state index in [9.17, 15) is 14.4 Å². The van der Waals surface area contributed by atoms with E-state index in [2.05, 4.69) is 0 Å². The van der Waals surface area contributed by atoms with Gasteiger partial charge in [-0.2, -0.15) is 0 Å². The number of esters is 1. The summed E-state index contributed by atoms with van der Waals surface area (Å²) in [6.07, 6.45) is 1.88. The Kier molecular flexibility index (Phi) is 8.42. The van der Waals surface area contributed by atoms with E-state index >= 15 is 0 Å². The quantitative estimate of drug-likeness (QED) is 0.596. The zero-order valence-electron chi connectivity index (χ0n) is 18.9. The molecule has 2 amide bonds. The Morgan fingerprint density at radius 3 is 2.28 bits per heavy atom. The summed E-state index contributed by atoms with van der Waals surface area (Å²) in [6.45, 7) is 3.58. The number of carbonyl (C=O) groups is 3. The third-order valence-electron chi connectivity index (χ3n) is 5.95. The molecule has 1 fully saturated rings. The van der Waals surface area contributed by atoms with Crippen molar-refractivity contribution < 1.29 is 19.1 Å². The van der Waals surface area contributed by atoms with Crippen molar-refractivity contribution in [2.24, 2.45) is 11.8 Å². The van der Waals surface area contributed by atoms with Crippen LogP contribution in [-0.2, 0) is 32.1 Å². The fraction of sp³-hybridized carbons (Fsp3) is 0.423. The third kappa shape index (κ3) is 6.42. The SMILES string of the molecule is COC(=O)C(C)CN(Cc1ccccc1)C(=O)C1CCCN(C(=O)Cc2ccccc2)C1. The van der Waals surface area contributed by atoms with Crippen LogP contribution in [0.25, 0.3) is 0 Å². The maximum Gasteiger partial charge on any atom is 0.310 e. The van der Waals surface area contributed by atoms with E-state index in [-0.39, 0.29) is 30.2 Å². The van der Waals surface area contributed by atoms with E-state index in [0.29, 0.717) is 26.1 Å². The highest BCUT2D eigenvalue weighted by Crippen LogP contribution is 2.22. The van der Waals surface area contributed by atoms with Crippen LogP contribution < -0.4 is 0 Å². The predicted molar refractivity (Wildman–Crippen MR) is 122 cm³/mol. The van der Waals surface area contributed by atoms with Crippen LogP contribution in [0.4, 0.5) is 0 Å². The lowest BCUT2D eigenvalue weighted by molar-refractivity contribution is -0.147. The maximum absolute atomic E-state index is 13.5. The minimum absolute atomic E-state index is 0.0122. The molecule has 170 valence electrons. The second-order valence-corrected chi connectivity index (χ2v) is 8.47. The summed E-state index contributed by atoms with van der Waals surface area (Å²) in [5.41, 5.74) is 1.98. The standard InChI is InChI=1S/C26H32N2O4/c1-20(26(31)32-2)17-28(18-22-12-7-4-8-13-22)25(30)23-14-9-15-27(19-23)24(29)16-21-10-5-3-6-11-21/h3-8,10-13,20,23H,9,14-19H2,1-2H3. The first-order valence-electron chi connectivity index (χ1n) is 11.2. The van der Waals surface area contributed by atoms with Gasteiger partial charge in [0.15, 0.2) is 0 Å². The van der Waals surface area contributed by atoms with E-state index in [1.807, 2.05) is 65.6 Å². The van der Waals surface area contributed by atoms with Crippen LogP contribution in [0.5, 0.6) is 0 Å². The lowest BCUT2D eigenvalue weighted by Crippen LogP contribution is -2.48. The molecule has 6 nitrogen and oxygen atoms in total. The monoisotopic (exact) mass is 436 g/mol. The topological polar surface area (TPSA) is 66.9 Å².